The van der Waals surface area contributed by atoms with Crippen LogP contribution in [0.5, 0.6) is 0 Å². The molecule has 2 amide bonds. The van der Waals surface area contributed by atoms with E-state index in [1.165, 1.54) is 36.4 Å². The first kappa shape index (κ1) is 26.0. The Hall–Kier alpha value is -3.63. The second-order valence-electron chi connectivity index (χ2n) is 8.93. The van der Waals surface area contributed by atoms with Crippen molar-refractivity contribution in [3.8, 4) is 0 Å². The van der Waals surface area contributed by atoms with Crippen LogP contribution in [0, 0.1) is 5.82 Å². The fourth-order valence-electron chi connectivity index (χ4n) is 3.19. The van der Waals surface area contributed by atoms with Gasteiger partial charge in [-0.25, -0.2) is 17.5 Å². The number of benzene rings is 2. The number of hydrogen-bond acceptors (Lipinski definition) is 5. The average molecular weight is 499 g/mol. The van der Waals surface area contributed by atoms with Crippen molar-refractivity contribution < 1.29 is 22.4 Å². The third-order valence-corrected chi connectivity index (χ3v) is 6.51. The second kappa shape index (κ2) is 10.7. The molecule has 3 N–H and O–H groups in total. The van der Waals surface area contributed by atoms with Crippen LogP contribution in [-0.2, 0) is 21.2 Å². The number of nitrogens with one attached hydrogen (secondary N) is 3. The van der Waals surface area contributed by atoms with Crippen molar-refractivity contribution in [1.82, 2.24) is 15.0 Å². The van der Waals surface area contributed by atoms with E-state index < -0.39 is 39.2 Å². The lowest BCUT2D eigenvalue weighted by Gasteiger charge is -2.21. The molecule has 3 rings (SSSR count). The number of carbonyl (C=O) groups is 2. The van der Waals surface area contributed by atoms with Crippen molar-refractivity contribution >= 4 is 27.5 Å². The van der Waals surface area contributed by atoms with Gasteiger partial charge in [-0.15, -0.1) is 0 Å². The molecule has 0 saturated heterocycles. The highest BCUT2D eigenvalue weighted by molar-refractivity contribution is 7.89. The maximum Gasteiger partial charge on any atom is 0.251 e. The fraction of sp³-hybridized carbons (Fsp3) is 0.240. The van der Waals surface area contributed by atoms with Crippen molar-refractivity contribution in [1.29, 1.82) is 0 Å². The maximum absolute atomic E-state index is 13.2. The molecule has 8 nitrogen and oxygen atoms in total. The van der Waals surface area contributed by atoms with Crippen LogP contribution in [-0.4, -0.2) is 36.8 Å². The Balaban J connectivity index is 1.77. The maximum atomic E-state index is 13.2. The Bertz CT molecular complexity index is 1270. The molecule has 0 saturated carbocycles. The predicted octanol–water partition coefficient (Wildman–Crippen LogP) is 3.28. The van der Waals surface area contributed by atoms with Gasteiger partial charge in [-0.3, -0.25) is 14.6 Å². The smallest absolute Gasteiger partial charge is 0.251 e. The van der Waals surface area contributed by atoms with Crippen LogP contribution >= 0.6 is 0 Å². The Morgan fingerprint density at radius 3 is 2.20 bits per heavy atom. The van der Waals surface area contributed by atoms with Gasteiger partial charge in [0.2, 0.25) is 15.9 Å². The van der Waals surface area contributed by atoms with Crippen LogP contribution in [0.15, 0.2) is 77.8 Å². The van der Waals surface area contributed by atoms with Crippen LogP contribution < -0.4 is 15.4 Å². The zero-order chi connectivity index (χ0) is 25.6. The van der Waals surface area contributed by atoms with Crippen molar-refractivity contribution in [3.05, 3.63) is 90.0 Å². The van der Waals surface area contributed by atoms with Gasteiger partial charge < -0.3 is 10.6 Å². The molecule has 0 radical (unpaired) electrons. The van der Waals surface area contributed by atoms with E-state index in [0.29, 0.717) is 11.4 Å². The highest BCUT2D eigenvalue weighted by Gasteiger charge is 2.24. The number of aromatic nitrogens is 1. The topological polar surface area (TPSA) is 117 Å². The molecule has 10 heteroatoms. The standard InChI is InChI=1S/C25H27FN4O4S/c1-25(2,3)30-35(33,34)21-13-11-19(12-14-21)28-24(32)22(16-20-6-4-5-15-27-20)29-23(31)17-7-9-18(26)10-8-17/h4-15,22,30H,16H2,1-3H3,(H,28,32)(H,29,31)/t22-/m0/s1. The summed E-state index contributed by atoms with van der Waals surface area (Å²) >= 11 is 0. The van der Waals surface area contributed by atoms with Gasteiger partial charge in [-0.1, -0.05) is 6.07 Å². The number of hydrogen-bond donors (Lipinski definition) is 3. The molecular weight excluding hydrogens is 471 g/mol. The Morgan fingerprint density at radius 1 is 0.971 bits per heavy atom. The number of rotatable bonds is 8. The predicted molar refractivity (Wildman–Crippen MR) is 131 cm³/mol. The van der Waals surface area contributed by atoms with E-state index in [1.807, 2.05) is 0 Å². The minimum Gasteiger partial charge on any atom is -0.340 e. The monoisotopic (exact) mass is 498 g/mol. The average Bonchev–Trinajstić information content (AvgIpc) is 2.78. The van der Waals surface area contributed by atoms with E-state index in [9.17, 15) is 22.4 Å². The molecule has 0 unspecified atom stereocenters. The molecule has 0 spiro atoms. The number of pyridine rings is 1. The van der Waals surface area contributed by atoms with Crippen LogP contribution in [0.4, 0.5) is 10.1 Å². The molecule has 184 valence electrons. The first-order valence-corrected chi connectivity index (χ1v) is 12.3. The number of anilines is 1. The summed E-state index contributed by atoms with van der Waals surface area (Å²) in [4.78, 5) is 30.0. The molecular formula is C25H27FN4O4S. The minimum absolute atomic E-state index is 0.0556. The normalized spacial score (nSPS) is 12.6. The van der Waals surface area contributed by atoms with Gasteiger partial charge in [0.1, 0.15) is 11.9 Å². The summed E-state index contributed by atoms with van der Waals surface area (Å²) in [5, 5.41) is 5.36. The van der Waals surface area contributed by atoms with Gasteiger partial charge in [0.15, 0.2) is 0 Å². The van der Waals surface area contributed by atoms with Gasteiger partial charge in [-0.05, 0) is 81.4 Å². The Morgan fingerprint density at radius 2 is 1.63 bits per heavy atom. The van der Waals surface area contributed by atoms with Crippen molar-refractivity contribution in [2.24, 2.45) is 0 Å². The number of carbonyl (C=O) groups excluding carboxylic acids is 2. The van der Waals surface area contributed by atoms with E-state index in [2.05, 4.69) is 20.3 Å². The van der Waals surface area contributed by atoms with E-state index in [-0.39, 0.29) is 16.9 Å². The Labute approximate surface area is 204 Å². The number of sulfonamides is 1. The van der Waals surface area contributed by atoms with E-state index in [4.69, 9.17) is 0 Å². The highest BCUT2D eigenvalue weighted by atomic mass is 32.2. The lowest BCUT2D eigenvalue weighted by molar-refractivity contribution is -0.118. The van der Waals surface area contributed by atoms with Crippen LogP contribution in [0.25, 0.3) is 0 Å². The zero-order valence-electron chi connectivity index (χ0n) is 19.6. The lowest BCUT2D eigenvalue weighted by atomic mass is 10.1. The summed E-state index contributed by atoms with van der Waals surface area (Å²) < 4.78 is 40.8. The molecule has 0 fully saturated rings. The second-order valence-corrected chi connectivity index (χ2v) is 10.6. The van der Waals surface area contributed by atoms with E-state index in [0.717, 1.165) is 12.1 Å². The SMILES string of the molecule is CC(C)(C)NS(=O)(=O)c1ccc(NC(=O)[C@H](Cc2ccccn2)NC(=O)c2ccc(F)cc2)cc1. The number of amides is 2. The first-order valence-electron chi connectivity index (χ1n) is 10.8. The molecule has 0 bridgehead atoms. The molecule has 2 aromatic carbocycles. The summed E-state index contributed by atoms with van der Waals surface area (Å²) in [5.41, 5.74) is 0.493. The summed E-state index contributed by atoms with van der Waals surface area (Å²) in [6, 6.07) is 14.9. The molecule has 3 aromatic rings. The van der Waals surface area contributed by atoms with Crippen molar-refractivity contribution in [2.75, 3.05) is 5.32 Å². The quantitative estimate of drug-likeness (QED) is 0.441. The number of halogens is 1. The fourth-order valence-corrected chi connectivity index (χ4v) is 4.61. The molecule has 35 heavy (non-hydrogen) atoms. The van der Waals surface area contributed by atoms with Gasteiger partial charge >= 0.3 is 0 Å². The molecule has 1 aromatic heterocycles. The van der Waals surface area contributed by atoms with Crippen molar-refractivity contribution in [2.45, 2.75) is 43.7 Å². The van der Waals surface area contributed by atoms with Crippen LogP contribution in [0.1, 0.15) is 36.8 Å². The summed E-state index contributed by atoms with van der Waals surface area (Å²) in [5.74, 6) is -1.54. The highest BCUT2D eigenvalue weighted by Crippen LogP contribution is 2.17. The summed E-state index contributed by atoms with van der Waals surface area (Å²) in [6.45, 7) is 5.21. The van der Waals surface area contributed by atoms with E-state index in [1.54, 1.807) is 45.2 Å². The van der Waals surface area contributed by atoms with Gasteiger partial charge in [0.05, 0.1) is 4.90 Å². The van der Waals surface area contributed by atoms with Gasteiger partial charge in [0, 0.05) is 35.1 Å². The Kier molecular flexibility index (Phi) is 7.98. The molecule has 0 aliphatic heterocycles. The van der Waals surface area contributed by atoms with E-state index >= 15 is 0 Å². The molecule has 0 aliphatic rings. The summed E-state index contributed by atoms with van der Waals surface area (Å²) in [7, 11) is -3.72. The molecule has 0 aliphatic carbocycles. The third kappa shape index (κ3) is 7.69. The van der Waals surface area contributed by atoms with Gasteiger partial charge in [0.25, 0.3) is 5.91 Å². The lowest BCUT2D eigenvalue weighted by Crippen LogP contribution is -2.45. The third-order valence-electron chi connectivity index (χ3n) is 4.74. The minimum atomic E-state index is -3.72. The summed E-state index contributed by atoms with van der Waals surface area (Å²) in [6.07, 6.45) is 1.69. The van der Waals surface area contributed by atoms with Crippen LogP contribution in [0.2, 0.25) is 0 Å². The first-order chi connectivity index (χ1) is 16.4. The largest absolute Gasteiger partial charge is 0.340 e. The molecule has 1 atom stereocenters. The van der Waals surface area contributed by atoms with Crippen LogP contribution in [0.3, 0.4) is 0 Å². The number of nitrogens with zero attached hydrogens (tertiary/aromatic N) is 1. The van der Waals surface area contributed by atoms with Crippen molar-refractivity contribution in [3.63, 3.8) is 0 Å². The zero-order valence-corrected chi connectivity index (χ0v) is 20.4. The molecule has 1 heterocycles. The van der Waals surface area contributed by atoms with Gasteiger partial charge in [-0.2, -0.15) is 0 Å².